The monoisotopic (exact) mass is 381 g/mol. The summed E-state index contributed by atoms with van der Waals surface area (Å²) in [6.07, 6.45) is 1.99. The molecule has 4 N–H and O–H groups in total. The SMILES string of the molecule is CSc1ccc2nc(NC(=O)CN(C)C(=O)CNC(=O)CN)sc2c1. The van der Waals surface area contributed by atoms with Crippen LogP contribution in [0.5, 0.6) is 0 Å². The molecule has 2 aromatic rings. The van der Waals surface area contributed by atoms with Gasteiger partial charge in [0.25, 0.3) is 0 Å². The Kier molecular flexibility index (Phi) is 6.73. The first-order valence-corrected chi connectivity index (χ1v) is 9.42. The standard InChI is InChI=1S/C15H19N5O3S2/c1-20(14(23)7-17-12(21)6-16)8-13(22)19-15-18-10-4-3-9(24-2)5-11(10)25-15/h3-5H,6-8,16H2,1-2H3,(H,17,21)(H,18,19,22). The molecule has 3 amide bonds. The Labute approximate surface area is 153 Å². The molecule has 1 aromatic heterocycles. The van der Waals surface area contributed by atoms with Crippen LogP contribution in [0.2, 0.25) is 0 Å². The minimum Gasteiger partial charge on any atom is -0.346 e. The first-order chi connectivity index (χ1) is 11.9. The van der Waals surface area contributed by atoms with E-state index in [2.05, 4.69) is 15.6 Å². The number of carbonyl (C=O) groups is 3. The third kappa shape index (κ3) is 5.41. The lowest BCUT2D eigenvalue weighted by Crippen LogP contribution is -2.42. The number of hydrogen-bond acceptors (Lipinski definition) is 7. The van der Waals surface area contributed by atoms with Gasteiger partial charge in [-0.1, -0.05) is 11.3 Å². The van der Waals surface area contributed by atoms with Gasteiger partial charge in [-0.15, -0.1) is 11.8 Å². The minimum atomic E-state index is -0.426. The molecule has 25 heavy (non-hydrogen) atoms. The number of likely N-dealkylation sites (N-methyl/N-ethyl adjacent to an activating group) is 1. The lowest BCUT2D eigenvalue weighted by Gasteiger charge is -2.16. The zero-order valence-corrected chi connectivity index (χ0v) is 15.5. The van der Waals surface area contributed by atoms with Crippen LogP contribution in [0.3, 0.4) is 0 Å². The van der Waals surface area contributed by atoms with Crippen LogP contribution in [-0.4, -0.2) is 60.5 Å². The van der Waals surface area contributed by atoms with Crippen molar-refractivity contribution in [2.45, 2.75) is 4.90 Å². The molecule has 0 fully saturated rings. The average molecular weight is 381 g/mol. The summed E-state index contributed by atoms with van der Waals surface area (Å²) in [7, 11) is 1.49. The highest BCUT2D eigenvalue weighted by atomic mass is 32.2. The number of aromatic nitrogens is 1. The van der Waals surface area contributed by atoms with E-state index in [1.807, 2.05) is 24.5 Å². The molecule has 1 heterocycles. The molecule has 134 valence electrons. The molecule has 2 rings (SSSR count). The molecule has 0 spiro atoms. The number of benzene rings is 1. The molecule has 0 saturated heterocycles. The number of nitrogens with two attached hydrogens (primary N) is 1. The second-order valence-corrected chi connectivity index (χ2v) is 7.04. The van der Waals surface area contributed by atoms with Gasteiger partial charge in [-0.05, 0) is 24.5 Å². The summed E-state index contributed by atoms with van der Waals surface area (Å²) in [5.41, 5.74) is 5.96. The van der Waals surface area contributed by atoms with Crippen molar-refractivity contribution in [3.63, 3.8) is 0 Å². The maximum atomic E-state index is 12.1. The lowest BCUT2D eigenvalue weighted by atomic mass is 10.3. The van der Waals surface area contributed by atoms with Gasteiger partial charge < -0.3 is 21.3 Å². The van der Waals surface area contributed by atoms with Gasteiger partial charge in [0, 0.05) is 11.9 Å². The smallest absolute Gasteiger partial charge is 0.245 e. The quantitative estimate of drug-likeness (QED) is 0.601. The Hall–Kier alpha value is -2.17. The molecule has 0 aliphatic carbocycles. The van der Waals surface area contributed by atoms with Crippen LogP contribution in [0.15, 0.2) is 23.1 Å². The number of anilines is 1. The summed E-state index contributed by atoms with van der Waals surface area (Å²) < 4.78 is 0.982. The van der Waals surface area contributed by atoms with Crippen molar-refractivity contribution >= 4 is 56.2 Å². The lowest BCUT2D eigenvalue weighted by molar-refractivity contribution is -0.134. The Bertz CT molecular complexity index is 793. The second-order valence-electron chi connectivity index (χ2n) is 5.13. The van der Waals surface area contributed by atoms with Crippen LogP contribution in [-0.2, 0) is 14.4 Å². The Morgan fingerprint density at radius 3 is 2.76 bits per heavy atom. The average Bonchev–Trinajstić information content (AvgIpc) is 2.99. The summed E-state index contributed by atoms with van der Waals surface area (Å²) in [4.78, 5) is 41.7. The molecule has 0 atom stereocenters. The van der Waals surface area contributed by atoms with E-state index in [0.29, 0.717) is 5.13 Å². The predicted octanol–water partition coefficient (Wildman–Crippen LogP) is 0.490. The normalized spacial score (nSPS) is 10.5. The van der Waals surface area contributed by atoms with E-state index >= 15 is 0 Å². The number of hydrogen-bond donors (Lipinski definition) is 3. The molecule has 0 unspecified atom stereocenters. The highest BCUT2D eigenvalue weighted by Gasteiger charge is 2.15. The number of thiazole rings is 1. The summed E-state index contributed by atoms with van der Waals surface area (Å²) in [5.74, 6) is -1.17. The van der Waals surface area contributed by atoms with Crippen molar-refractivity contribution in [1.82, 2.24) is 15.2 Å². The Morgan fingerprint density at radius 1 is 1.32 bits per heavy atom. The fraction of sp³-hybridized carbons (Fsp3) is 0.333. The topological polar surface area (TPSA) is 117 Å². The van der Waals surface area contributed by atoms with E-state index in [-0.39, 0.29) is 31.4 Å². The molecule has 1 aromatic carbocycles. The first kappa shape index (κ1) is 19.2. The van der Waals surface area contributed by atoms with Gasteiger partial charge in [0.05, 0.1) is 29.9 Å². The number of nitrogens with zero attached hydrogens (tertiary/aromatic N) is 2. The van der Waals surface area contributed by atoms with Crippen LogP contribution < -0.4 is 16.4 Å². The summed E-state index contributed by atoms with van der Waals surface area (Å²) in [6.45, 7) is -0.519. The zero-order chi connectivity index (χ0) is 18.4. The molecule has 0 saturated carbocycles. The van der Waals surface area contributed by atoms with Crippen molar-refractivity contribution in [1.29, 1.82) is 0 Å². The fourth-order valence-electron chi connectivity index (χ4n) is 1.93. The summed E-state index contributed by atoms with van der Waals surface area (Å²) in [5, 5.41) is 5.54. The van der Waals surface area contributed by atoms with E-state index in [1.54, 1.807) is 11.8 Å². The molecule has 8 nitrogen and oxygen atoms in total. The zero-order valence-electron chi connectivity index (χ0n) is 13.9. The van der Waals surface area contributed by atoms with Gasteiger partial charge in [0.15, 0.2) is 5.13 Å². The van der Waals surface area contributed by atoms with Gasteiger partial charge >= 0.3 is 0 Å². The fourth-order valence-corrected chi connectivity index (χ4v) is 3.36. The number of nitrogens with one attached hydrogen (secondary N) is 2. The summed E-state index contributed by atoms with van der Waals surface area (Å²) >= 11 is 3.01. The maximum absolute atomic E-state index is 12.1. The third-order valence-electron chi connectivity index (χ3n) is 3.27. The molecule has 0 aliphatic heterocycles. The molecule has 0 radical (unpaired) electrons. The van der Waals surface area contributed by atoms with E-state index in [1.165, 1.54) is 23.3 Å². The molecule has 0 aliphatic rings. The van der Waals surface area contributed by atoms with Crippen LogP contribution in [0, 0.1) is 0 Å². The highest BCUT2D eigenvalue weighted by Crippen LogP contribution is 2.29. The van der Waals surface area contributed by atoms with Gasteiger partial charge in [-0.3, -0.25) is 14.4 Å². The van der Waals surface area contributed by atoms with Crippen molar-refractivity contribution < 1.29 is 14.4 Å². The number of carbonyl (C=O) groups excluding carboxylic acids is 3. The van der Waals surface area contributed by atoms with Crippen LogP contribution in [0.4, 0.5) is 5.13 Å². The number of fused-ring (bicyclic) bond motifs is 1. The largest absolute Gasteiger partial charge is 0.346 e. The van der Waals surface area contributed by atoms with Gasteiger partial charge in [-0.25, -0.2) is 4.98 Å². The summed E-state index contributed by atoms with van der Waals surface area (Å²) in [6, 6.07) is 5.90. The van der Waals surface area contributed by atoms with Crippen molar-refractivity contribution in [3.05, 3.63) is 18.2 Å². The predicted molar refractivity (Wildman–Crippen MR) is 99.7 cm³/mol. The molecular formula is C15H19N5O3S2. The van der Waals surface area contributed by atoms with Gasteiger partial charge in [0.1, 0.15) is 0 Å². The third-order valence-corrected chi connectivity index (χ3v) is 4.93. The highest BCUT2D eigenvalue weighted by molar-refractivity contribution is 7.98. The van der Waals surface area contributed by atoms with Gasteiger partial charge in [-0.2, -0.15) is 0 Å². The van der Waals surface area contributed by atoms with Gasteiger partial charge in [0.2, 0.25) is 17.7 Å². The van der Waals surface area contributed by atoms with E-state index < -0.39 is 5.91 Å². The van der Waals surface area contributed by atoms with E-state index in [4.69, 9.17) is 5.73 Å². The second kappa shape index (κ2) is 8.79. The van der Waals surface area contributed by atoms with Crippen molar-refractivity contribution in [2.24, 2.45) is 5.73 Å². The number of amides is 3. The minimum absolute atomic E-state index is 0.136. The van der Waals surface area contributed by atoms with Crippen molar-refractivity contribution in [3.8, 4) is 0 Å². The Balaban J connectivity index is 1.91. The van der Waals surface area contributed by atoms with Crippen LogP contribution in [0.25, 0.3) is 10.2 Å². The van der Waals surface area contributed by atoms with E-state index in [0.717, 1.165) is 15.1 Å². The molecular weight excluding hydrogens is 362 g/mol. The molecule has 10 heteroatoms. The van der Waals surface area contributed by atoms with Crippen LogP contribution in [0.1, 0.15) is 0 Å². The van der Waals surface area contributed by atoms with E-state index in [9.17, 15) is 14.4 Å². The number of thioether (sulfide) groups is 1. The Morgan fingerprint density at radius 2 is 2.08 bits per heavy atom. The maximum Gasteiger partial charge on any atom is 0.245 e. The van der Waals surface area contributed by atoms with Crippen molar-refractivity contribution in [2.75, 3.05) is 38.3 Å². The first-order valence-electron chi connectivity index (χ1n) is 7.38. The van der Waals surface area contributed by atoms with Crippen LogP contribution >= 0.6 is 23.1 Å². The number of rotatable bonds is 7. The molecule has 0 bridgehead atoms.